The molecule has 146 valence electrons. The number of nitrogens with zero attached hydrogens (tertiary/aromatic N) is 1. The van der Waals surface area contributed by atoms with Crippen LogP contribution in [-0.4, -0.2) is 38.1 Å². The number of ketones is 2. The molecule has 0 aliphatic heterocycles. The molecule has 0 heterocycles. The van der Waals surface area contributed by atoms with Crippen molar-refractivity contribution in [1.82, 2.24) is 0 Å². The van der Waals surface area contributed by atoms with Crippen LogP contribution in [0.3, 0.4) is 0 Å². The van der Waals surface area contributed by atoms with Crippen LogP contribution in [-0.2, 0) is 4.84 Å². The first kappa shape index (κ1) is 20.7. The number of allylic oxidation sites excluding steroid dienone is 2. The minimum Gasteiger partial charge on any atom is -0.496 e. The highest BCUT2D eigenvalue weighted by Crippen LogP contribution is 2.38. The number of rotatable bonds is 10. The fourth-order valence-electron chi connectivity index (χ4n) is 3.01. The molecule has 27 heavy (non-hydrogen) atoms. The van der Waals surface area contributed by atoms with Crippen molar-refractivity contribution in [2.45, 2.75) is 46.0 Å². The number of oxime groups is 1. The molecular weight excluding hydrogens is 346 g/mol. The lowest BCUT2D eigenvalue weighted by atomic mass is 9.88. The van der Waals surface area contributed by atoms with Crippen LogP contribution < -0.4 is 9.47 Å². The Labute approximate surface area is 160 Å². The van der Waals surface area contributed by atoms with Crippen LogP contribution in [0.1, 0.15) is 72.2 Å². The van der Waals surface area contributed by atoms with Gasteiger partial charge in [-0.25, -0.2) is 0 Å². The van der Waals surface area contributed by atoms with Crippen molar-refractivity contribution in [2.75, 3.05) is 20.8 Å². The summed E-state index contributed by atoms with van der Waals surface area (Å²) in [6, 6.07) is 1.71. The molecule has 0 N–H and O–H groups in total. The van der Waals surface area contributed by atoms with Crippen LogP contribution in [0.2, 0.25) is 0 Å². The van der Waals surface area contributed by atoms with Gasteiger partial charge in [0, 0.05) is 5.56 Å². The first-order valence-electron chi connectivity index (χ1n) is 9.33. The monoisotopic (exact) mass is 373 g/mol. The van der Waals surface area contributed by atoms with Gasteiger partial charge in [-0.1, -0.05) is 31.8 Å². The summed E-state index contributed by atoms with van der Waals surface area (Å²) in [5.74, 6) is 0.105. The molecule has 0 unspecified atom stereocenters. The van der Waals surface area contributed by atoms with Crippen molar-refractivity contribution in [3.05, 3.63) is 34.9 Å². The summed E-state index contributed by atoms with van der Waals surface area (Å²) in [5, 5.41) is 4.30. The molecule has 0 saturated heterocycles. The lowest BCUT2D eigenvalue weighted by Crippen LogP contribution is -2.18. The molecule has 0 atom stereocenters. The fraction of sp³-hybridized carbons (Fsp3) is 0.476. The zero-order valence-electron chi connectivity index (χ0n) is 16.5. The van der Waals surface area contributed by atoms with Crippen molar-refractivity contribution >= 4 is 17.3 Å². The number of ether oxygens (including phenoxy) is 2. The third-order valence-electron chi connectivity index (χ3n) is 4.34. The number of benzene rings is 1. The van der Waals surface area contributed by atoms with Crippen molar-refractivity contribution in [2.24, 2.45) is 5.16 Å². The predicted molar refractivity (Wildman–Crippen MR) is 104 cm³/mol. The van der Waals surface area contributed by atoms with Crippen LogP contribution in [0, 0.1) is 0 Å². The van der Waals surface area contributed by atoms with Crippen molar-refractivity contribution in [3.8, 4) is 11.5 Å². The lowest BCUT2D eigenvalue weighted by molar-refractivity contribution is 0.0989. The largest absolute Gasteiger partial charge is 0.496 e. The average Bonchev–Trinajstić information content (AvgIpc) is 2.68. The Kier molecular flexibility index (Phi) is 7.58. The Bertz CT molecular complexity index is 764. The van der Waals surface area contributed by atoms with Crippen LogP contribution in [0.25, 0.3) is 0 Å². The number of carbonyl (C=O) groups is 2. The van der Waals surface area contributed by atoms with Gasteiger partial charge in [-0.3, -0.25) is 9.59 Å². The van der Waals surface area contributed by atoms with Gasteiger partial charge in [0.2, 0.25) is 0 Å². The second kappa shape index (κ2) is 9.90. The molecule has 0 saturated carbocycles. The number of hydrogen-bond acceptors (Lipinski definition) is 6. The van der Waals surface area contributed by atoms with Crippen LogP contribution in [0.4, 0.5) is 0 Å². The Morgan fingerprint density at radius 1 is 0.963 bits per heavy atom. The fourth-order valence-corrected chi connectivity index (χ4v) is 3.01. The Hall–Kier alpha value is -2.63. The zero-order chi connectivity index (χ0) is 19.8. The molecule has 2 rings (SSSR count). The molecule has 1 aliphatic rings. The summed E-state index contributed by atoms with van der Waals surface area (Å²) in [7, 11) is 2.96. The van der Waals surface area contributed by atoms with Gasteiger partial charge in [-0.2, -0.15) is 0 Å². The molecule has 0 aromatic heterocycles. The van der Waals surface area contributed by atoms with E-state index in [1.54, 1.807) is 6.07 Å². The highest BCUT2D eigenvalue weighted by atomic mass is 16.6. The summed E-state index contributed by atoms with van der Waals surface area (Å²) in [6.07, 6.45) is 7.09. The van der Waals surface area contributed by atoms with E-state index in [0.29, 0.717) is 35.8 Å². The Balaban J connectivity index is 2.62. The topological polar surface area (TPSA) is 74.2 Å². The first-order valence-corrected chi connectivity index (χ1v) is 9.33. The van der Waals surface area contributed by atoms with Crippen LogP contribution >= 0.6 is 0 Å². The quantitative estimate of drug-likeness (QED) is 0.346. The number of hydrogen-bond donors (Lipinski definition) is 0. The van der Waals surface area contributed by atoms with Crippen LogP contribution in [0.5, 0.6) is 11.5 Å². The molecule has 0 spiro atoms. The van der Waals surface area contributed by atoms with E-state index < -0.39 is 0 Å². The Morgan fingerprint density at radius 3 is 2.26 bits per heavy atom. The highest BCUT2D eigenvalue weighted by Gasteiger charge is 2.31. The summed E-state index contributed by atoms with van der Waals surface area (Å²) in [4.78, 5) is 30.3. The van der Waals surface area contributed by atoms with Gasteiger partial charge in [-0.05, 0) is 37.5 Å². The standard InChI is InChI=1S/C21H27NO5/c1-5-7-8-9-15(22-27-12-6-2)14-13-18(25-3)19-16(23)10-11-17(24)20(19)21(14)26-4/h10-11,13H,5-9,12H2,1-4H3/b22-15+. The first-order chi connectivity index (χ1) is 13.1. The van der Waals surface area contributed by atoms with E-state index in [-0.39, 0.29) is 22.7 Å². The number of methoxy groups -OCH3 is 2. The molecule has 6 nitrogen and oxygen atoms in total. The normalized spacial score (nSPS) is 13.6. The molecule has 0 amide bonds. The second-order valence-electron chi connectivity index (χ2n) is 6.30. The van der Waals surface area contributed by atoms with E-state index in [1.165, 1.54) is 26.4 Å². The summed E-state index contributed by atoms with van der Waals surface area (Å²) < 4.78 is 11.0. The minimum atomic E-state index is -0.288. The second-order valence-corrected chi connectivity index (χ2v) is 6.30. The third kappa shape index (κ3) is 4.56. The van der Waals surface area contributed by atoms with Gasteiger partial charge in [0.05, 0.1) is 31.1 Å². The third-order valence-corrected chi connectivity index (χ3v) is 4.34. The van der Waals surface area contributed by atoms with Gasteiger partial charge in [0.1, 0.15) is 18.1 Å². The molecule has 0 radical (unpaired) electrons. The molecule has 1 aliphatic carbocycles. The van der Waals surface area contributed by atoms with Gasteiger partial charge in [0.15, 0.2) is 11.6 Å². The van der Waals surface area contributed by atoms with Gasteiger partial charge >= 0.3 is 0 Å². The molecule has 1 aromatic rings. The zero-order valence-corrected chi connectivity index (χ0v) is 16.5. The van der Waals surface area contributed by atoms with Gasteiger partial charge in [-0.15, -0.1) is 0 Å². The smallest absolute Gasteiger partial charge is 0.190 e. The Morgan fingerprint density at radius 2 is 1.67 bits per heavy atom. The number of fused-ring (bicyclic) bond motifs is 1. The SMILES string of the molecule is CCCCC/C(=N\OCCC)c1cc(OC)c2c(c1OC)C(=O)C=CC2=O. The maximum absolute atomic E-state index is 12.5. The molecule has 1 aromatic carbocycles. The van der Waals surface area contributed by atoms with E-state index in [1.807, 2.05) is 6.92 Å². The molecule has 0 bridgehead atoms. The van der Waals surface area contributed by atoms with Crippen molar-refractivity contribution in [1.29, 1.82) is 0 Å². The molecular formula is C21H27NO5. The number of carbonyl (C=O) groups excluding carboxylic acids is 2. The lowest BCUT2D eigenvalue weighted by Gasteiger charge is -2.20. The van der Waals surface area contributed by atoms with Crippen molar-refractivity contribution in [3.63, 3.8) is 0 Å². The summed E-state index contributed by atoms with van der Waals surface area (Å²) >= 11 is 0. The van der Waals surface area contributed by atoms with E-state index in [4.69, 9.17) is 14.3 Å². The van der Waals surface area contributed by atoms with E-state index in [0.717, 1.165) is 25.7 Å². The average molecular weight is 373 g/mol. The van der Waals surface area contributed by atoms with Gasteiger partial charge in [0.25, 0.3) is 0 Å². The van der Waals surface area contributed by atoms with Crippen LogP contribution in [0.15, 0.2) is 23.4 Å². The summed E-state index contributed by atoms with van der Waals surface area (Å²) in [6.45, 7) is 4.64. The number of unbranched alkanes of at least 4 members (excludes halogenated alkanes) is 2. The van der Waals surface area contributed by atoms with Crippen molar-refractivity contribution < 1.29 is 23.9 Å². The highest BCUT2D eigenvalue weighted by molar-refractivity contribution is 6.25. The van der Waals surface area contributed by atoms with E-state index in [2.05, 4.69) is 12.1 Å². The molecule has 0 fully saturated rings. The minimum absolute atomic E-state index is 0.220. The molecule has 6 heteroatoms. The van der Waals surface area contributed by atoms with E-state index >= 15 is 0 Å². The maximum atomic E-state index is 12.5. The summed E-state index contributed by atoms with van der Waals surface area (Å²) in [5.41, 5.74) is 1.76. The predicted octanol–water partition coefficient (Wildman–Crippen LogP) is 4.35. The van der Waals surface area contributed by atoms with E-state index in [9.17, 15) is 9.59 Å². The maximum Gasteiger partial charge on any atom is 0.190 e. The van der Waals surface area contributed by atoms with Gasteiger partial charge < -0.3 is 14.3 Å².